The van der Waals surface area contributed by atoms with Crippen LogP contribution >= 0.6 is 0 Å². The van der Waals surface area contributed by atoms with E-state index in [9.17, 15) is 4.79 Å². The molecule has 0 amide bonds. The molecule has 6 N–H and O–H groups in total. The molecule has 2 rings (SSSR count). The Balaban J connectivity index is 0.000000461. The van der Waals surface area contributed by atoms with Crippen molar-refractivity contribution in [1.29, 1.82) is 0 Å². The van der Waals surface area contributed by atoms with Crippen molar-refractivity contribution in [2.24, 2.45) is 11.7 Å². The molecule has 0 spiro atoms. The highest BCUT2D eigenvalue weighted by molar-refractivity contribution is 6.02. The summed E-state index contributed by atoms with van der Waals surface area (Å²) in [6.45, 7) is 0. The zero-order chi connectivity index (χ0) is 10.6. The standard InChI is InChI=1S/C9H7NO2.H4N2/c11-9(12)7-5-10-8-4-2-1-3-6(7)8;1-2/h1-5,10H,(H,11,12);1-2H2. The van der Waals surface area contributed by atoms with E-state index in [2.05, 4.69) is 16.7 Å². The number of hydrazine groups is 1. The Labute approximate surface area is 80.3 Å². The molecule has 0 fully saturated rings. The Hall–Kier alpha value is -1.85. The topological polar surface area (TPSA) is 105 Å². The van der Waals surface area contributed by atoms with Gasteiger partial charge in [-0.3, -0.25) is 11.7 Å². The van der Waals surface area contributed by atoms with Crippen molar-refractivity contribution < 1.29 is 9.90 Å². The van der Waals surface area contributed by atoms with Crippen LogP contribution in [0.2, 0.25) is 0 Å². The molecule has 1 aromatic heterocycles. The predicted octanol–water partition coefficient (Wildman–Crippen LogP) is 0.685. The molecule has 2 aromatic rings. The van der Waals surface area contributed by atoms with Crippen molar-refractivity contribution >= 4 is 16.9 Å². The van der Waals surface area contributed by atoms with Crippen molar-refractivity contribution in [3.05, 3.63) is 36.0 Å². The van der Waals surface area contributed by atoms with Crippen LogP contribution in [0.5, 0.6) is 0 Å². The number of nitrogens with one attached hydrogen (secondary N) is 1. The van der Waals surface area contributed by atoms with Gasteiger partial charge in [0.15, 0.2) is 0 Å². The number of benzene rings is 1. The van der Waals surface area contributed by atoms with Crippen LogP contribution in [-0.4, -0.2) is 16.1 Å². The molecule has 0 bridgehead atoms. The summed E-state index contributed by atoms with van der Waals surface area (Å²) in [7, 11) is 0. The number of hydrogen-bond donors (Lipinski definition) is 4. The SMILES string of the molecule is NN.O=C(O)c1c[nH]c2ccccc12. The lowest BCUT2D eigenvalue weighted by atomic mass is 10.2. The third kappa shape index (κ3) is 1.73. The van der Waals surface area contributed by atoms with Crippen molar-refractivity contribution in [1.82, 2.24) is 4.98 Å². The zero-order valence-electron chi connectivity index (χ0n) is 7.40. The number of para-hydroxylation sites is 1. The maximum atomic E-state index is 10.7. The quantitative estimate of drug-likeness (QED) is 0.395. The molecule has 0 radical (unpaired) electrons. The molecule has 1 aromatic carbocycles. The van der Waals surface area contributed by atoms with E-state index in [4.69, 9.17) is 5.11 Å². The van der Waals surface area contributed by atoms with Gasteiger partial charge < -0.3 is 10.1 Å². The minimum atomic E-state index is -0.896. The lowest BCUT2D eigenvalue weighted by Gasteiger charge is -1.89. The molecule has 14 heavy (non-hydrogen) atoms. The fourth-order valence-corrected chi connectivity index (χ4v) is 1.25. The molecular weight excluding hydrogens is 182 g/mol. The maximum Gasteiger partial charge on any atom is 0.337 e. The second kappa shape index (κ2) is 4.40. The second-order valence-corrected chi connectivity index (χ2v) is 2.55. The molecule has 5 nitrogen and oxygen atoms in total. The smallest absolute Gasteiger partial charge is 0.337 e. The summed E-state index contributed by atoms with van der Waals surface area (Å²) < 4.78 is 0. The Morgan fingerprint density at radius 3 is 2.57 bits per heavy atom. The van der Waals surface area contributed by atoms with Gasteiger partial charge in [0.05, 0.1) is 5.56 Å². The highest BCUT2D eigenvalue weighted by atomic mass is 16.4. The van der Waals surface area contributed by atoms with Crippen LogP contribution in [0, 0.1) is 0 Å². The van der Waals surface area contributed by atoms with Crippen molar-refractivity contribution in [3.63, 3.8) is 0 Å². The fourth-order valence-electron chi connectivity index (χ4n) is 1.25. The van der Waals surface area contributed by atoms with E-state index in [-0.39, 0.29) is 0 Å². The van der Waals surface area contributed by atoms with E-state index in [0.29, 0.717) is 5.56 Å². The Morgan fingerprint density at radius 1 is 1.29 bits per heavy atom. The first-order valence-corrected chi connectivity index (χ1v) is 3.92. The molecule has 0 saturated carbocycles. The van der Waals surface area contributed by atoms with Gasteiger partial charge in [-0.2, -0.15) is 0 Å². The van der Waals surface area contributed by atoms with E-state index in [1.54, 1.807) is 6.07 Å². The fraction of sp³-hybridized carbons (Fsp3) is 0. The monoisotopic (exact) mass is 193 g/mol. The molecule has 0 atom stereocenters. The van der Waals surface area contributed by atoms with Crippen LogP contribution in [0.15, 0.2) is 30.5 Å². The van der Waals surface area contributed by atoms with Gasteiger partial charge in [-0.1, -0.05) is 18.2 Å². The normalized spacial score (nSPS) is 9.29. The molecular formula is C9H11N3O2. The maximum absolute atomic E-state index is 10.7. The summed E-state index contributed by atoms with van der Waals surface area (Å²) in [4.78, 5) is 13.5. The zero-order valence-corrected chi connectivity index (χ0v) is 7.40. The van der Waals surface area contributed by atoms with Gasteiger partial charge in [0.2, 0.25) is 0 Å². The summed E-state index contributed by atoms with van der Waals surface area (Å²) in [5.74, 6) is 7.10. The number of aromatic nitrogens is 1. The average molecular weight is 193 g/mol. The summed E-state index contributed by atoms with van der Waals surface area (Å²) in [6.07, 6.45) is 1.51. The number of H-pyrrole nitrogens is 1. The van der Waals surface area contributed by atoms with Gasteiger partial charge in [-0.15, -0.1) is 0 Å². The number of rotatable bonds is 1. The summed E-state index contributed by atoms with van der Waals surface area (Å²) in [5.41, 5.74) is 1.18. The number of carboxylic acids is 1. The van der Waals surface area contributed by atoms with E-state index < -0.39 is 5.97 Å². The minimum Gasteiger partial charge on any atom is -0.478 e. The third-order valence-electron chi connectivity index (χ3n) is 1.82. The van der Waals surface area contributed by atoms with Crippen LogP contribution in [0.4, 0.5) is 0 Å². The van der Waals surface area contributed by atoms with Gasteiger partial charge in [0.25, 0.3) is 0 Å². The highest BCUT2D eigenvalue weighted by Crippen LogP contribution is 2.16. The van der Waals surface area contributed by atoms with E-state index in [1.165, 1.54) is 6.20 Å². The molecule has 0 aliphatic rings. The Bertz CT molecular complexity index is 436. The molecule has 0 aliphatic carbocycles. The Kier molecular flexibility index (Phi) is 3.22. The number of carbonyl (C=O) groups is 1. The Morgan fingerprint density at radius 2 is 1.93 bits per heavy atom. The first-order chi connectivity index (χ1) is 6.79. The summed E-state index contributed by atoms with van der Waals surface area (Å²) >= 11 is 0. The van der Waals surface area contributed by atoms with Gasteiger partial charge in [0.1, 0.15) is 0 Å². The molecule has 5 heteroatoms. The predicted molar refractivity (Wildman–Crippen MR) is 53.6 cm³/mol. The van der Waals surface area contributed by atoms with Crippen LogP contribution in [0.1, 0.15) is 10.4 Å². The molecule has 0 unspecified atom stereocenters. The van der Waals surface area contributed by atoms with E-state index in [1.807, 2.05) is 18.2 Å². The molecule has 0 saturated heterocycles. The average Bonchev–Trinajstić information content (AvgIpc) is 2.64. The van der Waals surface area contributed by atoms with Gasteiger partial charge in [-0.25, -0.2) is 4.79 Å². The van der Waals surface area contributed by atoms with Crippen molar-refractivity contribution in [2.45, 2.75) is 0 Å². The molecule has 74 valence electrons. The minimum absolute atomic E-state index is 0.325. The van der Waals surface area contributed by atoms with Gasteiger partial charge in [0, 0.05) is 17.1 Å². The molecule has 1 heterocycles. The summed E-state index contributed by atoms with van der Waals surface area (Å²) in [6, 6.07) is 7.32. The van der Waals surface area contributed by atoms with Crippen LogP contribution in [-0.2, 0) is 0 Å². The third-order valence-corrected chi connectivity index (χ3v) is 1.82. The van der Waals surface area contributed by atoms with Crippen LogP contribution in [0.3, 0.4) is 0 Å². The number of aromatic carboxylic acids is 1. The first kappa shape index (κ1) is 10.2. The number of aromatic amines is 1. The van der Waals surface area contributed by atoms with Gasteiger partial charge in [-0.05, 0) is 6.07 Å². The van der Waals surface area contributed by atoms with Crippen LogP contribution < -0.4 is 11.7 Å². The highest BCUT2D eigenvalue weighted by Gasteiger charge is 2.08. The number of hydrogen-bond acceptors (Lipinski definition) is 3. The number of nitrogens with two attached hydrogens (primary N) is 2. The van der Waals surface area contributed by atoms with Crippen molar-refractivity contribution in [3.8, 4) is 0 Å². The summed E-state index contributed by atoms with van der Waals surface area (Å²) in [5, 5.41) is 9.51. The van der Waals surface area contributed by atoms with E-state index >= 15 is 0 Å². The number of carboxylic acid groups (broad SMARTS) is 1. The lowest BCUT2D eigenvalue weighted by Crippen LogP contribution is -2.02. The lowest BCUT2D eigenvalue weighted by molar-refractivity contribution is 0.0699. The van der Waals surface area contributed by atoms with Crippen molar-refractivity contribution in [2.75, 3.05) is 0 Å². The van der Waals surface area contributed by atoms with E-state index in [0.717, 1.165) is 10.9 Å². The largest absolute Gasteiger partial charge is 0.478 e. The first-order valence-electron chi connectivity index (χ1n) is 3.92. The number of fused-ring (bicyclic) bond motifs is 1. The second-order valence-electron chi connectivity index (χ2n) is 2.55. The van der Waals surface area contributed by atoms with Gasteiger partial charge >= 0.3 is 5.97 Å². The van der Waals surface area contributed by atoms with Crippen LogP contribution in [0.25, 0.3) is 10.9 Å². The molecule has 0 aliphatic heterocycles.